The van der Waals surface area contributed by atoms with Crippen LogP contribution in [0.1, 0.15) is 251 Å². The first kappa shape index (κ1) is 64.3. The number of allylic oxidation sites excluding steroid dienone is 5. The summed E-state index contributed by atoms with van der Waals surface area (Å²) >= 11 is 0. The molecule has 1 rings (SSSR count). The highest BCUT2D eigenvalue weighted by Crippen LogP contribution is 2.26. The Morgan fingerprint density at radius 2 is 0.985 bits per heavy atom. The number of unbranched alkanes of at least 4 members (excludes halogenated alkanes) is 32. The van der Waals surface area contributed by atoms with E-state index in [1.165, 1.54) is 167 Å². The van der Waals surface area contributed by atoms with Crippen molar-refractivity contribution in [3.05, 3.63) is 36.5 Å². The molecule has 400 valence electrons. The lowest BCUT2D eigenvalue weighted by molar-refractivity contribution is -0.298. The van der Waals surface area contributed by atoms with Gasteiger partial charge < -0.3 is 35.2 Å². The molecular formula is C55H103NO11S. The third-order valence-electron chi connectivity index (χ3n) is 13.2. The fourth-order valence-corrected chi connectivity index (χ4v) is 9.35. The van der Waals surface area contributed by atoms with Gasteiger partial charge in [0.1, 0.15) is 24.4 Å². The van der Waals surface area contributed by atoms with Crippen LogP contribution in [0.3, 0.4) is 0 Å². The Kier molecular flexibility index (Phi) is 42.8. The molecule has 13 heteroatoms. The first-order chi connectivity index (χ1) is 33.0. The predicted octanol–water partition coefficient (Wildman–Crippen LogP) is 12.6. The molecule has 7 atom stereocenters. The first-order valence-electron chi connectivity index (χ1n) is 27.9. The maximum absolute atomic E-state index is 13.1. The number of amides is 1. The van der Waals surface area contributed by atoms with Crippen LogP contribution in [-0.4, -0.2) is 95.4 Å². The highest BCUT2D eigenvalue weighted by atomic mass is 32.3. The van der Waals surface area contributed by atoms with Crippen molar-refractivity contribution >= 4 is 16.3 Å². The Hall–Kier alpha value is -1.68. The van der Waals surface area contributed by atoms with Crippen molar-refractivity contribution in [2.45, 2.75) is 294 Å². The Morgan fingerprint density at radius 1 is 0.588 bits per heavy atom. The number of nitrogens with one attached hydrogen (secondary N) is 1. The van der Waals surface area contributed by atoms with Gasteiger partial charge in [-0.05, 0) is 51.4 Å². The normalized spacial score (nSPS) is 20.0. The second kappa shape index (κ2) is 45.2. The van der Waals surface area contributed by atoms with Crippen molar-refractivity contribution in [1.29, 1.82) is 0 Å². The molecule has 0 radical (unpaired) electrons. The molecule has 12 nitrogen and oxygen atoms in total. The van der Waals surface area contributed by atoms with Crippen molar-refractivity contribution in [3.63, 3.8) is 0 Å². The molecule has 1 heterocycles. The van der Waals surface area contributed by atoms with Gasteiger partial charge in [0.05, 0.1) is 25.4 Å². The van der Waals surface area contributed by atoms with E-state index < -0.39 is 59.9 Å². The molecule has 1 fully saturated rings. The summed E-state index contributed by atoms with van der Waals surface area (Å²) in [6, 6.07) is -0.949. The van der Waals surface area contributed by atoms with E-state index >= 15 is 0 Å². The number of ether oxygens (including phenoxy) is 2. The summed E-state index contributed by atoms with van der Waals surface area (Å²) in [5, 5.41) is 44.9. The van der Waals surface area contributed by atoms with E-state index in [2.05, 4.69) is 47.7 Å². The zero-order valence-corrected chi connectivity index (χ0v) is 44.0. The quantitative estimate of drug-likeness (QED) is 0.0193. The summed E-state index contributed by atoms with van der Waals surface area (Å²) in [6.07, 6.45) is 47.5. The van der Waals surface area contributed by atoms with Crippen LogP contribution < -0.4 is 5.32 Å². The molecule has 0 aliphatic carbocycles. The lowest BCUT2D eigenvalue weighted by atomic mass is 9.99. The molecule has 1 amide bonds. The molecule has 1 aliphatic rings. The van der Waals surface area contributed by atoms with Gasteiger partial charge in [-0.2, -0.15) is 8.42 Å². The van der Waals surface area contributed by atoms with E-state index in [4.69, 9.17) is 9.47 Å². The van der Waals surface area contributed by atoms with Crippen LogP contribution in [0.5, 0.6) is 0 Å². The highest BCUT2D eigenvalue weighted by molar-refractivity contribution is 7.80. The largest absolute Gasteiger partial charge is 0.397 e. The van der Waals surface area contributed by atoms with Crippen molar-refractivity contribution in [2.24, 2.45) is 0 Å². The molecule has 1 saturated heterocycles. The van der Waals surface area contributed by atoms with Gasteiger partial charge in [-0.1, -0.05) is 230 Å². The Bertz CT molecular complexity index is 1340. The van der Waals surface area contributed by atoms with E-state index in [9.17, 15) is 38.2 Å². The zero-order valence-electron chi connectivity index (χ0n) is 43.2. The van der Waals surface area contributed by atoms with Crippen LogP contribution in [-0.2, 0) is 28.9 Å². The molecule has 0 aromatic rings. The number of rotatable bonds is 48. The number of carbonyl (C=O) groups is 1. The van der Waals surface area contributed by atoms with Gasteiger partial charge >= 0.3 is 10.4 Å². The maximum atomic E-state index is 13.1. The smallest absolute Gasteiger partial charge is 0.394 e. The zero-order chi connectivity index (χ0) is 49.8. The van der Waals surface area contributed by atoms with E-state index in [0.717, 1.165) is 57.8 Å². The molecule has 0 spiro atoms. The summed E-state index contributed by atoms with van der Waals surface area (Å²) < 4.78 is 47.8. The number of hydrogen-bond acceptors (Lipinski definition) is 10. The molecule has 1 aliphatic heterocycles. The molecule has 68 heavy (non-hydrogen) atoms. The monoisotopic (exact) mass is 986 g/mol. The van der Waals surface area contributed by atoms with Crippen LogP contribution >= 0.6 is 0 Å². The van der Waals surface area contributed by atoms with Gasteiger partial charge in [0.15, 0.2) is 6.29 Å². The standard InChI is InChI=1S/C55H103NO11S/c1-3-5-7-9-11-13-15-17-19-21-23-24-25-26-27-29-31-33-35-37-39-41-43-45-51(59)56-48(47-65-55-53(61)54(67-68(62,63)64)52(60)50(46-57)66-55)49(58)44-42-40-38-36-34-32-30-28-22-20-18-16-14-12-10-8-6-4-2/h23-24,26-27,42,44,48-50,52-55,57-58,60-61H,3-22,25,28-41,43,45-47H2,1-2H3,(H,56,59)(H,62,63,64)/b24-23-,27-26-,44-42+. The summed E-state index contributed by atoms with van der Waals surface area (Å²) in [6.45, 7) is 3.41. The van der Waals surface area contributed by atoms with E-state index in [1.807, 2.05) is 6.08 Å². The SMILES string of the molecule is CCCCCCCCCCC/C=C\C/C=C\CCCCCCCCCC(=O)NC(COC1OC(CO)C(O)C(OS(=O)(=O)O)C1O)C(O)/C=C/CCCCCCCCCCCCCCCCCC. The minimum absolute atomic E-state index is 0.260. The molecule has 0 saturated carbocycles. The van der Waals surface area contributed by atoms with Crippen LogP contribution in [0.25, 0.3) is 0 Å². The van der Waals surface area contributed by atoms with E-state index in [0.29, 0.717) is 6.42 Å². The predicted molar refractivity (Wildman–Crippen MR) is 278 cm³/mol. The minimum atomic E-state index is -5.09. The van der Waals surface area contributed by atoms with Gasteiger partial charge in [0.2, 0.25) is 5.91 Å². The van der Waals surface area contributed by atoms with Gasteiger partial charge in [-0.25, -0.2) is 4.18 Å². The minimum Gasteiger partial charge on any atom is -0.394 e. The third-order valence-corrected chi connectivity index (χ3v) is 13.6. The Morgan fingerprint density at radius 3 is 1.40 bits per heavy atom. The van der Waals surface area contributed by atoms with Crippen LogP contribution in [0.4, 0.5) is 0 Å². The van der Waals surface area contributed by atoms with Gasteiger partial charge in [0, 0.05) is 6.42 Å². The molecular weight excluding hydrogens is 883 g/mol. The van der Waals surface area contributed by atoms with Crippen LogP contribution in [0, 0.1) is 0 Å². The van der Waals surface area contributed by atoms with Crippen molar-refractivity contribution in [3.8, 4) is 0 Å². The van der Waals surface area contributed by atoms with Crippen LogP contribution in [0.2, 0.25) is 0 Å². The number of aliphatic hydroxyl groups is 4. The average molecular weight is 986 g/mol. The first-order valence-corrected chi connectivity index (χ1v) is 29.2. The second-order valence-electron chi connectivity index (χ2n) is 19.5. The fraction of sp³-hybridized carbons (Fsp3) is 0.873. The van der Waals surface area contributed by atoms with Crippen LogP contribution in [0.15, 0.2) is 36.5 Å². The summed E-state index contributed by atoms with van der Waals surface area (Å²) in [5.74, 6) is -0.268. The average Bonchev–Trinajstić information content (AvgIpc) is 3.31. The molecule has 0 aromatic heterocycles. The fourth-order valence-electron chi connectivity index (χ4n) is 8.84. The summed E-state index contributed by atoms with van der Waals surface area (Å²) in [4.78, 5) is 13.1. The number of hydrogen-bond donors (Lipinski definition) is 6. The van der Waals surface area contributed by atoms with Gasteiger partial charge in [0.25, 0.3) is 0 Å². The lowest BCUT2D eigenvalue weighted by Gasteiger charge is -2.41. The maximum Gasteiger partial charge on any atom is 0.397 e. The molecule has 0 bridgehead atoms. The Balaban J connectivity index is 2.41. The van der Waals surface area contributed by atoms with E-state index in [1.54, 1.807) is 6.08 Å². The highest BCUT2D eigenvalue weighted by Gasteiger charge is 2.48. The van der Waals surface area contributed by atoms with Crippen molar-refractivity contribution in [1.82, 2.24) is 5.32 Å². The Labute approximate surface area is 415 Å². The number of aliphatic hydroxyl groups excluding tert-OH is 4. The second-order valence-corrected chi connectivity index (χ2v) is 20.6. The molecule has 7 unspecified atom stereocenters. The molecule has 0 aromatic carbocycles. The van der Waals surface area contributed by atoms with Crippen molar-refractivity contribution < 1.29 is 51.8 Å². The third kappa shape index (κ3) is 37.1. The van der Waals surface area contributed by atoms with Gasteiger partial charge in [-0.15, -0.1) is 0 Å². The summed E-state index contributed by atoms with van der Waals surface area (Å²) in [5.41, 5.74) is 0. The topological polar surface area (TPSA) is 192 Å². The summed E-state index contributed by atoms with van der Waals surface area (Å²) in [7, 11) is -5.09. The lowest BCUT2D eigenvalue weighted by Crippen LogP contribution is -2.61. The number of carbonyl (C=O) groups excluding carboxylic acids is 1. The van der Waals surface area contributed by atoms with Gasteiger partial charge in [-0.3, -0.25) is 9.35 Å². The van der Waals surface area contributed by atoms with Crippen molar-refractivity contribution in [2.75, 3.05) is 13.2 Å². The van der Waals surface area contributed by atoms with E-state index in [-0.39, 0.29) is 18.9 Å². The molecule has 6 N–H and O–H groups in total.